The molecule has 0 bridgehead atoms. The quantitative estimate of drug-likeness (QED) is 0.784. The molecular weight excluding hydrogens is 407 g/mol. The molecule has 31 heavy (non-hydrogen) atoms. The van der Waals surface area contributed by atoms with Gasteiger partial charge in [0.1, 0.15) is 0 Å². The standard InChI is InChI=1S/C23H24F3N3O2/c24-23(25,26)18-6-8-19(9-7-18)29-20(10-13-27-29)16-22(31)11-14-28(15-12-22)21(30)17-4-2-1-3-5-17/h1-9,13,20,31H,10-12,14-16H2. The molecule has 0 aliphatic carbocycles. The molecule has 5 nitrogen and oxygen atoms in total. The van der Waals surface area contributed by atoms with Gasteiger partial charge in [-0.3, -0.25) is 9.80 Å². The van der Waals surface area contributed by atoms with Gasteiger partial charge in [0, 0.05) is 31.3 Å². The van der Waals surface area contributed by atoms with E-state index in [9.17, 15) is 23.1 Å². The van der Waals surface area contributed by atoms with Crippen LogP contribution in [0.4, 0.5) is 18.9 Å². The summed E-state index contributed by atoms with van der Waals surface area (Å²) in [4.78, 5) is 14.4. The van der Waals surface area contributed by atoms with E-state index in [1.165, 1.54) is 12.1 Å². The first-order valence-corrected chi connectivity index (χ1v) is 10.3. The van der Waals surface area contributed by atoms with Gasteiger partial charge in [-0.15, -0.1) is 0 Å². The summed E-state index contributed by atoms with van der Waals surface area (Å²) in [5, 5.41) is 17.1. The highest BCUT2D eigenvalue weighted by Gasteiger charge is 2.39. The second-order valence-electron chi connectivity index (χ2n) is 8.16. The molecule has 8 heteroatoms. The van der Waals surface area contributed by atoms with Gasteiger partial charge in [-0.2, -0.15) is 18.3 Å². The van der Waals surface area contributed by atoms with Gasteiger partial charge in [0.2, 0.25) is 0 Å². The Labute approximate surface area is 178 Å². The van der Waals surface area contributed by atoms with E-state index < -0.39 is 17.3 Å². The van der Waals surface area contributed by atoms with Crippen molar-refractivity contribution in [2.24, 2.45) is 5.10 Å². The van der Waals surface area contributed by atoms with Crippen LogP contribution >= 0.6 is 0 Å². The van der Waals surface area contributed by atoms with Crippen molar-refractivity contribution in [1.29, 1.82) is 0 Å². The summed E-state index contributed by atoms with van der Waals surface area (Å²) in [7, 11) is 0. The van der Waals surface area contributed by atoms with E-state index in [-0.39, 0.29) is 11.9 Å². The number of carbonyl (C=O) groups is 1. The van der Waals surface area contributed by atoms with Crippen molar-refractivity contribution in [2.75, 3.05) is 18.1 Å². The van der Waals surface area contributed by atoms with Crippen LogP contribution in [0.15, 0.2) is 59.7 Å². The summed E-state index contributed by atoms with van der Waals surface area (Å²) in [6, 6.07) is 13.8. The van der Waals surface area contributed by atoms with Gasteiger partial charge in [-0.05, 0) is 55.7 Å². The van der Waals surface area contributed by atoms with Crippen LogP contribution in [-0.2, 0) is 6.18 Å². The number of carbonyl (C=O) groups excluding carboxylic acids is 1. The smallest absolute Gasteiger partial charge is 0.390 e. The number of aliphatic hydroxyl groups is 1. The monoisotopic (exact) mass is 431 g/mol. The number of amides is 1. The number of piperidine rings is 1. The zero-order chi connectivity index (χ0) is 22.1. The number of likely N-dealkylation sites (tertiary alicyclic amines) is 1. The van der Waals surface area contributed by atoms with Crippen LogP contribution in [0.5, 0.6) is 0 Å². The summed E-state index contributed by atoms with van der Waals surface area (Å²) in [5.74, 6) is -0.0433. The number of nitrogens with zero attached hydrogens (tertiary/aromatic N) is 3. The molecule has 1 fully saturated rings. The van der Waals surface area contributed by atoms with Gasteiger partial charge in [0.05, 0.1) is 22.9 Å². The fourth-order valence-corrected chi connectivity index (χ4v) is 4.23. The van der Waals surface area contributed by atoms with E-state index in [1.807, 2.05) is 18.2 Å². The molecule has 2 heterocycles. The summed E-state index contributed by atoms with van der Waals surface area (Å²) >= 11 is 0. The Morgan fingerprint density at radius 2 is 1.71 bits per heavy atom. The second-order valence-corrected chi connectivity index (χ2v) is 8.16. The average molecular weight is 431 g/mol. The number of anilines is 1. The van der Waals surface area contributed by atoms with E-state index in [1.54, 1.807) is 28.3 Å². The summed E-state index contributed by atoms with van der Waals surface area (Å²) < 4.78 is 38.5. The Hall–Kier alpha value is -2.87. The molecule has 0 spiro atoms. The molecule has 2 aliphatic rings. The average Bonchev–Trinajstić information content (AvgIpc) is 3.21. The van der Waals surface area contributed by atoms with Gasteiger partial charge in [0.15, 0.2) is 0 Å². The molecule has 1 atom stereocenters. The number of hydrogen-bond donors (Lipinski definition) is 1. The zero-order valence-electron chi connectivity index (χ0n) is 16.9. The molecule has 2 aromatic rings. The number of hydrogen-bond acceptors (Lipinski definition) is 4. The minimum absolute atomic E-state index is 0.0433. The Morgan fingerprint density at radius 1 is 1.06 bits per heavy atom. The zero-order valence-corrected chi connectivity index (χ0v) is 16.9. The highest BCUT2D eigenvalue weighted by molar-refractivity contribution is 5.94. The predicted octanol–water partition coefficient (Wildman–Crippen LogP) is 4.33. The number of halogens is 3. The lowest BCUT2D eigenvalue weighted by Gasteiger charge is -2.40. The Kier molecular flexibility index (Phi) is 5.75. The summed E-state index contributed by atoms with van der Waals surface area (Å²) in [6.07, 6.45) is -0.727. The third kappa shape index (κ3) is 4.74. The van der Waals surface area contributed by atoms with Crippen LogP contribution in [-0.4, -0.2) is 46.9 Å². The van der Waals surface area contributed by atoms with E-state index >= 15 is 0 Å². The number of rotatable bonds is 4. The Bertz CT molecular complexity index is 937. The Morgan fingerprint density at radius 3 is 2.32 bits per heavy atom. The van der Waals surface area contributed by atoms with E-state index in [0.29, 0.717) is 50.0 Å². The van der Waals surface area contributed by atoms with E-state index in [0.717, 1.165) is 12.1 Å². The lowest BCUT2D eigenvalue weighted by Crippen LogP contribution is -2.49. The number of benzene rings is 2. The van der Waals surface area contributed by atoms with Crippen LogP contribution in [0.2, 0.25) is 0 Å². The molecule has 2 aliphatic heterocycles. The van der Waals surface area contributed by atoms with E-state index in [2.05, 4.69) is 5.10 Å². The highest BCUT2D eigenvalue weighted by atomic mass is 19.4. The largest absolute Gasteiger partial charge is 0.416 e. The molecular formula is C23H24F3N3O2. The van der Waals surface area contributed by atoms with Crippen molar-refractivity contribution in [2.45, 2.75) is 43.5 Å². The maximum Gasteiger partial charge on any atom is 0.416 e. The van der Waals surface area contributed by atoms with Gasteiger partial charge in [-0.1, -0.05) is 18.2 Å². The maximum atomic E-state index is 12.8. The Balaban J connectivity index is 1.38. The number of alkyl halides is 3. The molecule has 0 radical (unpaired) electrons. The maximum absolute atomic E-state index is 12.8. The van der Waals surface area contributed by atoms with Crippen molar-refractivity contribution in [3.05, 3.63) is 65.7 Å². The molecule has 1 N–H and O–H groups in total. The minimum Gasteiger partial charge on any atom is -0.390 e. The van der Waals surface area contributed by atoms with Crippen LogP contribution in [0.1, 0.15) is 41.6 Å². The van der Waals surface area contributed by atoms with E-state index in [4.69, 9.17) is 0 Å². The highest BCUT2D eigenvalue weighted by Crippen LogP contribution is 2.35. The molecule has 2 aromatic carbocycles. The third-order valence-electron chi connectivity index (χ3n) is 6.01. The predicted molar refractivity (Wildman–Crippen MR) is 112 cm³/mol. The van der Waals surface area contributed by atoms with Gasteiger partial charge in [0.25, 0.3) is 5.91 Å². The van der Waals surface area contributed by atoms with Crippen molar-refractivity contribution in [1.82, 2.24) is 4.90 Å². The van der Waals surface area contributed by atoms with Crippen LogP contribution in [0.25, 0.3) is 0 Å². The molecule has 1 unspecified atom stereocenters. The molecule has 1 saturated heterocycles. The van der Waals surface area contributed by atoms with Gasteiger partial charge in [-0.25, -0.2) is 0 Å². The van der Waals surface area contributed by atoms with Crippen molar-refractivity contribution in [3.8, 4) is 0 Å². The first kappa shape index (κ1) is 21.4. The lowest BCUT2D eigenvalue weighted by atomic mass is 9.84. The fraction of sp³-hybridized carbons (Fsp3) is 0.391. The SMILES string of the molecule is O=C(c1ccccc1)N1CCC(O)(CC2CC=NN2c2ccc(C(F)(F)F)cc2)CC1. The molecule has 1 amide bonds. The first-order valence-electron chi connectivity index (χ1n) is 10.3. The summed E-state index contributed by atoms with van der Waals surface area (Å²) in [6.45, 7) is 0.913. The summed E-state index contributed by atoms with van der Waals surface area (Å²) in [5.41, 5.74) is -0.460. The lowest BCUT2D eigenvalue weighted by molar-refractivity contribution is -0.137. The van der Waals surface area contributed by atoms with Gasteiger partial charge < -0.3 is 10.0 Å². The fourth-order valence-electron chi connectivity index (χ4n) is 4.23. The normalized spacial score (nSPS) is 20.8. The topological polar surface area (TPSA) is 56.1 Å². The number of hydrazone groups is 1. The second kappa shape index (κ2) is 8.34. The van der Waals surface area contributed by atoms with Crippen molar-refractivity contribution >= 4 is 17.8 Å². The molecule has 0 aromatic heterocycles. The van der Waals surface area contributed by atoms with Crippen LogP contribution < -0.4 is 5.01 Å². The third-order valence-corrected chi connectivity index (χ3v) is 6.01. The van der Waals surface area contributed by atoms with Crippen LogP contribution in [0.3, 0.4) is 0 Å². The molecule has 0 saturated carbocycles. The van der Waals surface area contributed by atoms with Gasteiger partial charge >= 0.3 is 6.18 Å². The van der Waals surface area contributed by atoms with Crippen LogP contribution in [0, 0.1) is 0 Å². The van der Waals surface area contributed by atoms with Crippen molar-refractivity contribution in [3.63, 3.8) is 0 Å². The first-order chi connectivity index (χ1) is 14.8. The van der Waals surface area contributed by atoms with Crippen molar-refractivity contribution < 1.29 is 23.1 Å². The minimum atomic E-state index is -4.38. The molecule has 4 rings (SSSR count). The molecule has 164 valence electrons.